The first-order valence-corrected chi connectivity index (χ1v) is 16.6. The third-order valence-electron chi connectivity index (χ3n) is 8.02. The minimum Gasteiger partial charge on any atom is -0.340 e. The molecule has 1 aliphatic rings. The molecule has 43 heavy (non-hydrogen) atoms. The second-order valence-electron chi connectivity index (χ2n) is 11.0. The van der Waals surface area contributed by atoms with Crippen LogP contribution in [-0.4, -0.2) is 27.7 Å². The molecule has 0 spiro atoms. The monoisotopic (exact) mass is 593 g/mol. The van der Waals surface area contributed by atoms with Crippen LogP contribution in [0.5, 0.6) is 0 Å². The molecule has 0 aliphatic carbocycles. The molecule has 1 N–H and O–H groups in total. The maximum atomic E-state index is 14.3. The minimum absolute atomic E-state index is 0.152. The second kappa shape index (κ2) is 13.1. The SMILES string of the molecule is Cc1c(-c2cccnc2)n(CCCCP(=O)(OCc2ccccc2)OC2CCc3ccccc3NC2=O)c2ccccc12. The average Bonchev–Trinajstić information content (AvgIpc) is 3.22. The zero-order chi connectivity index (χ0) is 29.6. The molecule has 0 radical (unpaired) electrons. The standard InChI is InChI=1S/C35H36N3O4P/c1-26-30-16-6-8-18-32(30)38(34(26)29-15-11-21-36-24-29)22-9-10-23-43(40,41-25-27-12-3-2-4-13-27)42-33-20-19-28-14-5-7-17-31(28)37-35(33)39/h2-8,11-18,21,24,33H,9-10,19-20,22-23,25H2,1H3,(H,37,39). The van der Waals surface area contributed by atoms with Crippen LogP contribution in [0.25, 0.3) is 22.2 Å². The van der Waals surface area contributed by atoms with Crippen molar-refractivity contribution in [3.63, 3.8) is 0 Å². The Morgan fingerprint density at radius 1 is 0.953 bits per heavy atom. The van der Waals surface area contributed by atoms with E-state index in [4.69, 9.17) is 9.05 Å². The Morgan fingerprint density at radius 3 is 2.58 bits per heavy atom. The summed E-state index contributed by atoms with van der Waals surface area (Å²) in [6.45, 7) is 3.03. The van der Waals surface area contributed by atoms with Gasteiger partial charge >= 0.3 is 7.60 Å². The number of carbonyl (C=O) groups excluding carboxylic acids is 1. The van der Waals surface area contributed by atoms with Crippen LogP contribution in [0.2, 0.25) is 0 Å². The Hall–Kier alpha value is -4.03. The fourth-order valence-electron chi connectivity index (χ4n) is 5.84. The molecule has 0 bridgehead atoms. The van der Waals surface area contributed by atoms with Crippen molar-refractivity contribution in [2.24, 2.45) is 0 Å². The van der Waals surface area contributed by atoms with Gasteiger partial charge in [-0.2, -0.15) is 0 Å². The van der Waals surface area contributed by atoms with Crippen LogP contribution in [0.15, 0.2) is 103 Å². The van der Waals surface area contributed by atoms with E-state index >= 15 is 0 Å². The molecule has 2 unspecified atom stereocenters. The molecule has 2 atom stereocenters. The van der Waals surface area contributed by atoms with E-state index in [1.165, 1.54) is 10.9 Å². The van der Waals surface area contributed by atoms with Gasteiger partial charge in [-0.1, -0.05) is 66.7 Å². The van der Waals surface area contributed by atoms with Crippen LogP contribution in [-0.2, 0) is 38.0 Å². The zero-order valence-corrected chi connectivity index (χ0v) is 25.2. The van der Waals surface area contributed by atoms with Gasteiger partial charge in [0, 0.05) is 41.1 Å². The molecule has 0 saturated carbocycles. The van der Waals surface area contributed by atoms with Crippen molar-refractivity contribution < 1.29 is 18.4 Å². The van der Waals surface area contributed by atoms with Gasteiger partial charge in [0.2, 0.25) is 0 Å². The molecule has 0 saturated heterocycles. The van der Waals surface area contributed by atoms with Crippen molar-refractivity contribution in [1.82, 2.24) is 9.55 Å². The maximum absolute atomic E-state index is 14.3. The number of anilines is 1. The van der Waals surface area contributed by atoms with Crippen LogP contribution >= 0.6 is 7.60 Å². The highest BCUT2D eigenvalue weighted by Crippen LogP contribution is 2.52. The number of para-hydroxylation sites is 2. The number of hydrogen-bond donors (Lipinski definition) is 1. The normalized spacial score (nSPS) is 16.3. The van der Waals surface area contributed by atoms with Crippen molar-refractivity contribution in [2.75, 3.05) is 11.5 Å². The number of rotatable bonds is 11. The number of hydrogen-bond acceptors (Lipinski definition) is 5. The number of nitrogens with one attached hydrogen (secondary N) is 1. The summed E-state index contributed by atoms with van der Waals surface area (Å²) < 4.78 is 28.8. The number of fused-ring (bicyclic) bond motifs is 2. The molecular formula is C35H36N3O4P. The molecule has 7 nitrogen and oxygen atoms in total. The van der Waals surface area contributed by atoms with Gasteiger partial charge in [0.25, 0.3) is 5.91 Å². The van der Waals surface area contributed by atoms with Gasteiger partial charge in [-0.3, -0.25) is 18.9 Å². The number of aryl methyl sites for hydroxylation is 3. The van der Waals surface area contributed by atoms with Crippen molar-refractivity contribution in [3.8, 4) is 11.3 Å². The highest BCUT2D eigenvalue weighted by Gasteiger charge is 2.34. The maximum Gasteiger partial charge on any atom is 0.331 e. The Labute approximate surface area is 252 Å². The van der Waals surface area contributed by atoms with Crippen LogP contribution in [0.3, 0.4) is 0 Å². The average molecular weight is 594 g/mol. The summed E-state index contributed by atoms with van der Waals surface area (Å²) in [5.41, 5.74) is 7.30. The molecule has 1 amide bonds. The van der Waals surface area contributed by atoms with E-state index in [1.54, 1.807) is 6.20 Å². The number of benzene rings is 3. The Balaban J connectivity index is 1.19. The number of pyridine rings is 1. The highest BCUT2D eigenvalue weighted by atomic mass is 31.2. The smallest absolute Gasteiger partial charge is 0.331 e. The summed E-state index contributed by atoms with van der Waals surface area (Å²) in [6, 6.07) is 29.8. The van der Waals surface area contributed by atoms with E-state index in [-0.39, 0.29) is 18.7 Å². The molecule has 220 valence electrons. The van der Waals surface area contributed by atoms with Gasteiger partial charge in [0.05, 0.1) is 18.5 Å². The number of unbranched alkanes of at least 4 members (excludes halogenated alkanes) is 1. The largest absolute Gasteiger partial charge is 0.340 e. The second-order valence-corrected chi connectivity index (χ2v) is 13.1. The van der Waals surface area contributed by atoms with Crippen LogP contribution in [0.1, 0.15) is 36.0 Å². The van der Waals surface area contributed by atoms with E-state index in [0.717, 1.165) is 46.6 Å². The van der Waals surface area contributed by atoms with Gasteiger partial charge in [0.15, 0.2) is 0 Å². The Bertz CT molecular complexity index is 1750. The van der Waals surface area contributed by atoms with Gasteiger partial charge in [-0.15, -0.1) is 0 Å². The van der Waals surface area contributed by atoms with Crippen molar-refractivity contribution in [2.45, 2.75) is 51.9 Å². The lowest BCUT2D eigenvalue weighted by atomic mass is 10.1. The number of aromatic nitrogens is 2. The zero-order valence-electron chi connectivity index (χ0n) is 24.3. The Kier molecular flexibility index (Phi) is 8.85. The van der Waals surface area contributed by atoms with Gasteiger partial charge < -0.3 is 14.4 Å². The molecule has 6 rings (SSSR count). The first kappa shape index (κ1) is 29.1. The summed E-state index contributed by atoms with van der Waals surface area (Å²) >= 11 is 0. The third-order valence-corrected chi connectivity index (χ3v) is 9.99. The van der Waals surface area contributed by atoms with Crippen molar-refractivity contribution >= 4 is 30.1 Å². The first-order chi connectivity index (χ1) is 21.0. The quantitative estimate of drug-likeness (QED) is 0.123. The topological polar surface area (TPSA) is 82.5 Å². The molecule has 2 aromatic heterocycles. The predicted molar refractivity (Wildman–Crippen MR) is 171 cm³/mol. The lowest BCUT2D eigenvalue weighted by Crippen LogP contribution is -2.29. The van der Waals surface area contributed by atoms with E-state index < -0.39 is 13.7 Å². The summed E-state index contributed by atoms with van der Waals surface area (Å²) in [5, 5.41) is 4.16. The number of amides is 1. The summed E-state index contributed by atoms with van der Waals surface area (Å²) in [6.07, 6.45) is 5.49. The first-order valence-electron chi connectivity index (χ1n) is 14.8. The molecule has 1 aliphatic heterocycles. The summed E-state index contributed by atoms with van der Waals surface area (Å²) in [5.74, 6) is -0.288. The lowest BCUT2D eigenvalue weighted by Gasteiger charge is -2.23. The molecular weight excluding hydrogens is 557 g/mol. The predicted octanol–water partition coefficient (Wildman–Crippen LogP) is 8.17. The number of nitrogens with zero attached hydrogens (tertiary/aromatic N) is 2. The van der Waals surface area contributed by atoms with Gasteiger partial charge in [-0.05, 0) is 73.6 Å². The summed E-state index contributed by atoms with van der Waals surface area (Å²) in [7, 11) is -3.62. The van der Waals surface area contributed by atoms with E-state index in [0.29, 0.717) is 19.3 Å². The van der Waals surface area contributed by atoms with E-state index in [9.17, 15) is 9.36 Å². The van der Waals surface area contributed by atoms with E-state index in [1.807, 2.05) is 66.9 Å². The molecule has 0 fully saturated rings. The Morgan fingerprint density at radius 2 is 1.74 bits per heavy atom. The van der Waals surface area contributed by atoms with Crippen LogP contribution < -0.4 is 5.32 Å². The fraction of sp³-hybridized carbons (Fsp3) is 0.257. The number of carbonyl (C=O) groups is 1. The van der Waals surface area contributed by atoms with Gasteiger partial charge in [0.1, 0.15) is 6.10 Å². The lowest BCUT2D eigenvalue weighted by molar-refractivity contribution is -0.123. The fourth-order valence-corrected chi connectivity index (χ4v) is 7.68. The minimum atomic E-state index is -3.62. The van der Waals surface area contributed by atoms with Gasteiger partial charge in [-0.25, -0.2) is 0 Å². The molecule has 3 heterocycles. The summed E-state index contributed by atoms with van der Waals surface area (Å²) in [4.78, 5) is 17.5. The molecule has 3 aromatic carbocycles. The third kappa shape index (κ3) is 6.65. The van der Waals surface area contributed by atoms with E-state index in [2.05, 4.69) is 52.1 Å². The molecule has 5 aromatic rings. The van der Waals surface area contributed by atoms with Crippen LogP contribution in [0, 0.1) is 6.92 Å². The van der Waals surface area contributed by atoms with Crippen LogP contribution in [0.4, 0.5) is 5.69 Å². The van der Waals surface area contributed by atoms with Crippen molar-refractivity contribution in [1.29, 1.82) is 0 Å². The highest BCUT2D eigenvalue weighted by molar-refractivity contribution is 7.53. The van der Waals surface area contributed by atoms with Crippen molar-refractivity contribution in [3.05, 3.63) is 120 Å². The molecule has 8 heteroatoms.